The first-order valence-corrected chi connectivity index (χ1v) is 12.1. The molecule has 0 spiro atoms. The number of hydrogen-bond donors (Lipinski definition) is 1. The second-order valence-corrected chi connectivity index (χ2v) is 9.75. The van der Waals surface area contributed by atoms with Gasteiger partial charge >= 0.3 is 0 Å². The van der Waals surface area contributed by atoms with E-state index in [1.807, 2.05) is 0 Å². The third kappa shape index (κ3) is 5.02. The van der Waals surface area contributed by atoms with Crippen molar-refractivity contribution >= 4 is 21.8 Å². The largest absolute Gasteiger partial charge is 0.349 e. The molecule has 2 aromatic rings. The number of aryl methyl sites for hydroxylation is 1. The number of nitrogens with one attached hydrogen (secondary N) is 1. The number of amides is 2. The molecule has 2 amide bonds. The topological polar surface area (TPSA) is 91.7 Å². The van der Waals surface area contributed by atoms with Gasteiger partial charge in [0.05, 0.1) is 0 Å². The zero-order chi connectivity index (χ0) is 23.5. The van der Waals surface area contributed by atoms with Gasteiger partial charge in [0.15, 0.2) is 0 Å². The number of sulfonamides is 1. The Morgan fingerprint density at radius 3 is 2.28 bits per heavy atom. The maximum Gasteiger partial charge on any atom is 0.270 e. The molecule has 1 saturated heterocycles. The number of likely N-dealkylation sites (tertiary alicyclic amines) is 1. The molecule has 1 N–H and O–H groups in total. The van der Waals surface area contributed by atoms with E-state index in [-0.39, 0.29) is 22.8 Å². The van der Waals surface area contributed by atoms with Crippen LogP contribution < -0.4 is 5.32 Å². The summed E-state index contributed by atoms with van der Waals surface area (Å²) >= 11 is 0. The van der Waals surface area contributed by atoms with Gasteiger partial charge in [0.2, 0.25) is 10.0 Å². The van der Waals surface area contributed by atoms with Crippen LogP contribution in [-0.4, -0.2) is 66.2 Å². The number of halogens is 1. The lowest BCUT2D eigenvalue weighted by atomic mass is 10.0. The Kier molecular flexibility index (Phi) is 7.35. The first kappa shape index (κ1) is 23.9. The maximum absolute atomic E-state index is 13.0. The van der Waals surface area contributed by atoms with Crippen molar-refractivity contribution in [3.05, 3.63) is 53.6 Å². The van der Waals surface area contributed by atoms with E-state index < -0.39 is 15.8 Å². The second kappa shape index (κ2) is 9.83. The summed E-state index contributed by atoms with van der Waals surface area (Å²) in [5.41, 5.74) is 0.695. The van der Waals surface area contributed by atoms with Gasteiger partial charge in [-0.05, 0) is 43.2 Å². The smallest absolute Gasteiger partial charge is 0.270 e. The van der Waals surface area contributed by atoms with Gasteiger partial charge in [-0.3, -0.25) is 9.59 Å². The van der Waals surface area contributed by atoms with Gasteiger partial charge in [0.1, 0.15) is 16.4 Å². The number of piperidine rings is 1. The normalized spacial score (nSPS) is 15.2. The molecule has 0 radical (unpaired) electrons. The van der Waals surface area contributed by atoms with E-state index in [0.717, 1.165) is 0 Å². The minimum absolute atomic E-state index is 0.0939. The van der Waals surface area contributed by atoms with Crippen molar-refractivity contribution in [2.75, 3.05) is 26.2 Å². The van der Waals surface area contributed by atoms with E-state index in [4.69, 9.17) is 0 Å². The summed E-state index contributed by atoms with van der Waals surface area (Å²) < 4.78 is 41.5. The molecule has 32 heavy (non-hydrogen) atoms. The number of hydrogen-bond acceptors (Lipinski definition) is 4. The van der Waals surface area contributed by atoms with E-state index in [1.54, 1.807) is 30.4 Å². The Bertz CT molecular complexity index is 1070. The number of carbonyl (C=O) groups is 2. The van der Waals surface area contributed by atoms with Crippen molar-refractivity contribution in [1.29, 1.82) is 0 Å². The molecular formula is C22H29FN4O4S. The van der Waals surface area contributed by atoms with Gasteiger partial charge in [0.25, 0.3) is 11.8 Å². The lowest BCUT2D eigenvalue weighted by molar-refractivity contribution is 0.0689. The number of rotatable bonds is 7. The molecule has 0 bridgehead atoms. The van der Waals surface area contributed by atoms with Gasteiger partial charge < -0.3 is 14.8 Å². The van der Waals surface area contributed by atoms with Crippen LogP contribution >= 0.6 is 0 Å². The lowest BCUT2D eigenvalue weighted by Gasteiger charge is -2.32. The van der Waals surface area contributed by atoms with Gasteiger partial charge in [-0.25, -0.2) is 12.8 Å². The van der Waals surface area contributed by atoms with Crippen molar-refractivity contribution < 1.29 is 22.4 Å². The molecule has 8 nitrogen and oxygen atoms in total. The molecular weight excluding hydrogens is 435 g/mol. The van der Waals surface area contributed by atoms with Crippen LogP contribution in [-0.2, 0) is 17.1 Å². The first-order chi connectivity index (χ1) is 15.2. The molecule has 1 aliphatic heterocycles. The summed E-state index contributed by atoms with van der Waals surface area (Å²) in [7, 11) is -1.99. The Morgan fingerprint density at radius 1 is 1.12 bits per heavy atom. The van der Waals surface area contributed by atoms with Crippen LogP contribution in [0.15, 0.2) is 41.4 Å². The monoisotopic (exact) mass is 464 g/mol. The fourth-order valence-corrected chi connectivity index (χ4v) is 5.39. The Morgan fingerprint density at radius 2 is 1.72 bits per heavy atom. The summed E-state index contributed by atoms with van der Waals surface area (Å²) in [5.74, 6) is -0.914. The van der Waals surface area contributed by atoms with Crippen molar-refractivity contribution in [2.24, 2.45) is 7.05 Å². The van der Waals surface area contributed by atoms with Crippen LogP contribution in [0.3, 0.4) is 0 Å². The van der Waals surface area contributed by atoms with Crippen LogP contribution in [0.5, 0.6) is 0 Å². The number of aromatic nitrogens is 1. The highest BCUT2D eigenvalue weighted by molar-refractivity contribution is 7.89. The standard InChI is InChI=1S/C22H29FN4O4S/c1-4-27(5-2)32(30,31)19-14-20(25(3)15-19)22(29)26-12-10-18(11-13-26)24-21(28)16-6-8-17(23)9-7-16/h6-9,14-15,18H,4-5,10-13H2,1-3H3,(H,24,28). The molecule has 2 heterocycles. The van der Waals surface area contributed by atoms with Gasteiger partial charge in [0, 0.05) is 51.0 Å². The fourth-order valence-electron chi connectivity index (χ4n) is 3.86. The van der Waals surface area contributed by atoms with Crippen LogP contribution in [0.2, 0.25) is 0 Å². The average molecular weight is 465 g/mol. The molecule has 0 unspecified atom stereocenters. The zero-order valence-electron chi connectivity index (χ0n) is 18.5. The Labute approximate surface area is 188 Å². The molecule has 0 saturated carbocycles. The Hall–Kier alpha value is -2.72. The van der Waals surface area contributed by atoms with Crippen molar-refractivity contribution in [2.45, 2.75) is 37.6 Å². The number of benzene rings is 1. The summed E-state index contributed by atoms with van der Waals surface area (Å²) in [6.45, 7) is 5.14. The SMILES string of the molecule is CCN(CC)S(=O)(=O)c1cc(C(=O)N2CCC(NC(=O)c3ccc(F)cc3)CC2)n(C)c1. The van der Waals surface area contributed by atoms with E-state index in [0.29, 0.717) is 50.3 Å². The van der Waals surface area contributed by atoms with Crippen molar-refractivity contribution in [1.82, 2.24) is 19.1 Å². The van der Waals surface area contributed by atoms with Gasteiger partial charge in [-0.2, -0.15) is 4.31 Å². The van der Waals surface area contributed by atoms with Crippen LogP contribution in [0.4, 0.5) is 4.39 Å². The van der Waals surface area contributed by atoms with E-state index in [9.17, 15) is 22.4 Å². The van der Waals surface area contributed by atoms with Gasteiger partial charge in [-0.15, -0.1) is 0 Å². The van der Waals surface area contributed by atoms with Crippen LogP contribution in [0, 0.1) is 5.82 Å². The molecule has 1 aromatic heterocycles. The first-order valence-electron chi connectivity index (χ1n) is 10.7. The van der Waals surface area contributed by atoms with Gasteiger partial charge in [-0.1, -0.05) is 13.8 Å². The molecule has 0 aliphatic carbocycles. The average Bonchev–Trinajstić information content (AvgIpc) is 3.17. The third-order valence-corrected chi connectivity index (χ3v) is 7.78. The van der Waals surface area contributed by atoms with E-state index in [1.165, 1.54) is 40.8 Å². The highest BCUT2D eigenvalue weighted by atomic mass is 32.2. The van der Waals surface area contributed by atoms with Crippen molar-refractivity contribution in [3.63, 3.8) is 0 Å². The van der Waals surface area contributed by atoms with Crippen molar-refractivity contribution in [3.8, 4) is 0 Å². The Balaban J connectivity index is 1.62. The van der Waals surface area contributed by atoms with E-state index >= 15 is 0 Å². The predicted octanol–water partition coefficient (Wildman–Crippen LogP) is 2.23. The predicted molar refractivity (Wildman–Crippen MR) is 118 cm³/mol. The molecule has 0 atom stereocenters. The molecule has 1 fully saturated rings. The highest BCUT2D eigenvalue weighted by Crippen LogP contribution is 2.21. The summed E-state index contributed by atoms with van der Waals surface area (Å²) in [6.07, 6.45) is 2.62. The minimum atomic E-state index is -3.65. The second-order valence-electron chi connectivity index (χ2n) is 7.81. The van der Waals surface area contributed by atoms with Crippen LogP contribution in [0.25, 0.3) is 0 Å². The molecule has 3 rings (SSSR count). The highest BCUT2D eigenvalue weighted by Gasteiger charge is 2.29. The quantitative estimate of drug-likeness (QED) is 0.680. The third-order valence-electron chi connectivity index (χ3n) is 5.77. The maximum atomic E-state index is 13.0. The molecule has 1 aliphatic rings. The molecule has 10 heteroatoms. The fraction of sp³-hybridized carbons (Fsp3) is 0.455. The minimum Gasteiger partial charge on any atom is -0.349 e. The zero-order valence-corrected chi connectivity index (χ0v) is 19.4. The molecule has 174 valence electrons. The summed E-state index contributed by atoms with van der Waals surface area (Å²) in [6, 6.07) is 6.68. The lowest BCUT2D eigenvalue weighted by Crippen LogP contribution is -2.46. The number of nitrogens with zero attached hydrogens (tertiary/aromatic N) is 3. The number of carbonyl (C=O) groups excluding carboxylic acids is 2. The van der Waals surface area contributed by atoms with Crippen LogP contribution in [0.1, 0.15) is 47.5 Å². The van der Waals surface area contributed by atoms with E-state index in [2.05, 4.69) is 5.32 Å². The molecule has 1 aromatic carbocycles. The summed E-state index contributed by atoms with van der Waals surface area (Å²) in [4.78, 5) is 27.1. The summed E-state index contributed by atoms with van der Waals surface area (Å²) in [5, 5.41) is 2.93.